The Morgan fingerprint density at radius 3 is 2.67 bits per heavy atom. The summed E-state index contributed by atoms with van der Waals surface area (Å²) < 4.78 is 57.0. The number of hydrogen-bond donors (Lipinski definition) is 2. The molecule has 12 heteroatoms. The van der Waals surface area contributed by atoms with Gasteiger partial charge in [0, 0.05) is 19.2 Å². The molecule has 1 aliphatic rings. The van der Waals surface area contributed by atoms with Gasteiger partial charge in [-0.25, -0.2) is 8.42 Å². The molecule has 9 nitrogen and oxygen atoms in total. The Balaban J connectivity index is 1.93. The van der Waals surface area contributed by atoms with E-state index in [2.05, 4.69) is 9.46 Å². The summed E-state index contributed by atoms with van der Waals surface area (Å²) in [6.45, 7) is -2.47. The van der Waals surface area contributed by atoms with Crippen molar-refractivity contribution in [3.63, 3.8) is 0 Å². The second-order valence-corrected chi connectivity index (χ2v) is 8.31. The molecule has 0 saturated carbocycles. The molecule has 0 amide bonds. The highest BCUT2D eigenvalue weighted by Gasteiger charge is 2.27. The maximum absolute atomic E-state index is 12.7. The highest BCUT2D eigenvalue weighted by molar-refractivity contribution is 7.92. The average molecular weight is 443 g/mol. The van der Waals surface area contributed by atoms with E-state index in [1.54, 1.807) is 4.90 Å². The molecule has 0 spiro atoms. The van der Waals surface area contributed by atoms with Gasteiger partial charge in [0.1, 0.15) is 11.4 Å². The standard InChI is InChI=1S/C18H19F2N3O6S/c19-18(20)29-17-6-2-1-5-14(17)21-30(27,28)13-7-8-15(16(10-13)23(25)26)22-9-3-4-12(24)11-22/h1-2,5-8,10,12,18,21,24H,3-4,9,11H2/t12-/m1/s1. The van der Waals surface area contributed by atoms with Gasteiger partial charge in [-0.2, -0.15) is 8.78 Å². The molecule has 1 saturated heterocycles. The molecule has 0 radical (unpaired) electrons. The molecule has 2 N–H and O–H groups in total. The first kappa shape index (κ1) is 21.7. The Kier molecular flexibility index (Phi) is 6.37. The molecule has 0 aliphatic carbocycles. The van der Waals surface area contributed by atoms with E-state index in [0.29, 0.717) is 19.4 Å². The minimum absolute atomic E-state index is 0.194. The number of aliphatic hydroxyl groups is 1. The number of rotatable bonds is 7. The van der Waals surface area contributed by atoms with Crippen LogP contribution in [0.2, 0.25) is 0 Å². The van der Waals surface area contributed by atoms with Crippen molar-refractivity contribution in [2.24, 2.45) is 0 Å². The van der Waals surface area contributed by atoms with Crippen molar-refractivity contribution >= 4 is 27.1 Å². The Bertz CT molecular complexity index is 1030. The number of nitro benzene ring substituents is 1. The average Bonchev–Trinajstić information content (AvgIpc) is 2.68. The van der Waals surface area contributed by atoms with Gasteiger partial charge in [0.15, 0.2) is 0 Å². The van der Waals surface area contributed by atoms with Crippen LogP contribution in [-0.4, -0.2) is 44.3 Å². The zero-order chi connectivity index (χ0) is 21.9. The zero-order valence-electron chi connectivity index (χ0n) is 15.6. The number of alkyl halides is 2. The topological polar surface area (TPSA) is 122 Å². The minimum atomic E-state index is -4.33. The summed E-state index contributed by atoms with van der Waals surface area (Å²) in [5.74, 6) is -0.385. The van der Waals surface area contributed by atoms with E-state index < -0.39 is 38.2 Å². The first-order chi connectivity index (χ1) is 14.2. The van der Waals surface area contributed by atoms with Crippen LogP contribution in [0.15, 0.2) is 47.4 Å². The van der Waals surface area contributed by atoms with Crippen LogP contribution in [0.25, 0.3) is 0 Å². The van der Waals surface area contributed by atoms with E-state index in [4.69, 9.17) is 0 Å². The van der Waals surface area contributed by atoms with Gasteiger partial charge < -0.3 is 14.7 Å². The number of β-amino-alcohol motifs (C(OH)–C–C–N with tert-alkyl or cyclic N) is 1. The van der Waals surface area contributed by atoms with Crippen LogP contribution in [-0.2, 0) is 10.0 Å². The summed E-state index contributed by atoms with van der Waals surface area (Å²) in [6, 6.07) is 8.58. The lowest BCUT2D eigenvalue weighted by Gasteiger charge is -2.31. The quantitative estimate of drug-likeness (QED) is 0.498. The zero-order valence-corrected chi connectivity index (χ0v) is 16.4. The number of anilines is 2. The maximum atomic E-state index is 12.7. The van der Waals surface area contributed by atoms with Crippen LogP contribution in [0.4, 0.5) is 25.8 Å². The Labute approximate surface area is 171 Å². The number of ether oxygens (including phenoxy) is 1. The van der Waals surface area contributed by atoms with Gasteiger partial charge in [0.2, 0.25) is 0 Å². The Morgan fingerprint density at radius 2 is 2.00 bits per heavy atom. The fourth-order valence-electron chi connectivity index (χ4n) is 3.21. The molecule has 3 rings (SSSR count). The van der Waals surface area contributed by atoms with E-state index in [0.717, 1.165) is 12.1 Å². The molecule has 30 heavy (non-hydrogen) atoms. The van der Waals surface area contributed by atoms with Crippen LogP contribution in [0, 0.1) is 10.1 Å². The van der Waals surface area contributed by atoms with Crippen molar-refractivity contribution in [3.8, 4) is 5.75 Å². The largest absolute Gasteiger partial charge is 0.433 e. The van der Waals surface area contributed by atoms with Crippen molar-refractivity contribution in [1.29, 1.82) is 0 Å². The number of benzene rings is 2. The predicted octanol–water partition coefficient (Wildman–Crippen LogP) is 2.96. The number of para-hydroxylation sites is 2. The molecule has 0 bridgehead atoms. The summed E-state index contributed by atoms with van der Waals surface area (Å²) >= 11 is 0. The fraction of sp³-hybridized carbons (Fsp3) is 0.333. The SMILES string of the molecule is O=[N+]([O-])c1cc(S(=O)(=O)Nc2ccccc2OC(F)F)ccc1N1CCC[C@@H](O)C1. The van der Waals surface area contributed by atoms with Gasteiger partial charge in [-0.15, -0.1) is 0 Å². The van der Waals surface area contributed by atoms with Crippen LogP contribution in [0.3, 0.4) is 0 Å². The maximum Gasteiger partial charge on any atom is 0.387 e. The van der Waals surface area contributed by atoms with E-state index >= 15 is 0 Å². The molecule has 2 aromatic rings. The highest BCUT2D eigenvalue weighted by Crippen LogP contribution is 2.34. The van der Waals surface area contributed by atoms with Crippen molar-refractivity contribution in [3.05, 3.63) is 52.6 Å². The van der Waals surface area contributed by atoms with E-state index in [9.17, 15) is 32.4 Å². The van der Waals surface area contributed by atoms with Crippen molar-refractivity contribution in [2.75, 3.05) is 22.7 Å². The number of sulfonamides is 1. The number of aliphatic hydroxyl groups excluding tert-OH is 1. The molecule has 1 atom stereocenters. The lowest BCUT2D eigenvalue weighted by atomic mass is 10.1. The van der Waals surface area contributed by atoms with E-state index in [1.165, 1.54) is 30.3 Å². The van der Waals surface area contributed by atoms with Crippen LogP contribution in [0.1, 0.15) is 12.8 Å². The third-order valence-corrected chi connectivity index (χ3v) is 5.90. The molecular weight excluding hydrogens is 424 g/mol. The fourth-order valence-corrected chi connectivity index (χ4v) is 4.30. The molecule has 1 aliphatic heterocycles. The van der Waals surface area contributed by atoms with Gasteiger partial charge >= 0.3 is 6.61 Å². The van der Waals surface area contributed by atoms with Gasteiger partial charge in [0.05, 0.1) is 21.6 Å². The number of nitrogens with zero attached hydrogens (tertiary/aromatic N) is 2. The molecule has 1 fully saturated rings. The Morgan fingerprint density at radius 1 is 1.27 bits per heavy atom. The summed E-state index contributed by atoms with van der Waals surface area (Å²) in [5, 5.41) is 21.4. The molecule has 2 aromatic carbocycles. The third-order valence-electron chi connectivity index (χ3n) is 4.54. The van der Waals surface area contributed by atoms with Crippen LogP contribution in [0.5, 0.6) is 5.75 Å². The highest BCUT2D eigenvalue weighted by atomic mass is 32.2. The third kappa shape index (κ3) is 4.94. The van der Waals surface area contributed by atoms with Gasteiger partial charge in [-0.3, -0.25) is 14.8 Å². The van der Waals surface area contributed by atoms with E-state index in [1.807, 2.05) is 0 Å². The molecule has 1 heterocycles. The number of hydrogen-bond acceptors (Lipinski definition) is 7. The first-order valence-electron chi connectivity index (χ1n) is 8.95. The van der Waals surface area contributed by atoms with Gasteiger partial charge in [0.25, 0.3) is 15.7 Å². The summed E-state index contributed by atoms with van der Waals surface area (Å²) in [7, 11) is -4.33. The van der Waals surface area contributed by atoms with Crippen LogP contribution >= 0.6 is 0 Å². The number of nitro groups is 1. The number of nitrogens with one attached hydrogen (secondary N) is 1. The van der Waals surface area contributed by atoms with Crippen molar-refractivity contribution < 1.29 is 32.0 Å². The second kappa shape index (κ2) is 8.79. The molecule has 162 valence electrons. The second-order valence-electron chi connectivity index (χ2n) is 6.63. The monoisotopic (exact) mass is 443 g/mol. The van der Waals surface area contributed by atoms with Gasteiger partial charge in [-0.05, 0) is 37.1 Å². The number of halogens is 2. The van der Waals surface area contributed by atoms with Crippen molar-refractivity contribution in [1.82, 2.24) is 0 Å². The normalized spacial score (nSPS) is 17.1. The molecule has 0 unspecified atom stereocenters. The smallest absolute Gasteiger partial charge is 0.387 e. The lowest BCUT2D eigenvalue weighted by Crippen LogP contribution is -2.38. The lowest BCUT2D eigenvalue weighted by molar-refractivity contribution is -0.384. The molecular formula is C18H19F2N3O6S. The summed E-state index contributed by atoms with van der Waals surface area (Å²) in [6.07, 6.45) is 0.594. The summed E-state index contributed by atoms with van der Waals surface area (Å²) in [5.41, 5.74) is -0.480. The summed E-state index contributed by atoms with van der Waals surface area (Å²) in [4.78, 5) is 12.1. The van der Waals surface area contributed by atoms with Gasteiger partial charge in [-0.1, -0.05) is 12.1 Å². The van der Waals surface area contributed by atoms with Crippen molar-refractivity contribution in [2.45, 2.75) is 30.5 Å². The molecule has 0 aromatic heterocycles. The van der Waals surface area contributed by atoms with E-state index in [-0.39, 0.29) is 23.7 Å². The minimum Gasteiger partial charge on any atom is -0.433 e. The first-order valence-corrected chi connectivity index (χ1v) is 10.4. The van der Waals surface area contributed by atoms with Crippen LogP contribution < -0.4 is 14.4 Å². The Hall–Kier alpha value is -2.99. The number of piperidine rings is 1. The predicted molar refractivity (Wildman–Crippen MR) is 104 cm³/mol.